The second-order valence-corrected chi connectivity index (χ2v) is 10.5. The number of nitro benzene ring substituents is 3. The Balaban J connectivity index is 0.000000248. The molecular formula is C15H19N3O9S2. The summed E-state index contributed by atoms with van der Waals surface area (Å²) in [4.78, 5) is 25.8. The number of hydrogen-bond donors (Lipinski definition) is 0. The average molecular weight is 449 g/mol. The second kappa shape index (κ2) is 9.00. The minimum Gasteiger partial charge on any atom is -0.744 e. The summed E-state index contributed by atoms with van der Waals surface area (Å²) in [7, 11) is -4.70. The summed E-state index contributed by atoms with van der Waals surface area (Å²) in [6.45, 7) is 0. The monoisotopic (exact) mass is 449 g/mol. The molecule has 0 spiro atoms. The lowest BCUT2D eigenvalue weighted by Crippen LogP contribution is -2.08. The maximum atomic E-state index is 10.8. The normalized spacial score (nSPS) is 23.4. The minimum absolute atomic E-state index is 0.164. The second-order valence-electron chi connectivity index (χ2n) is 6.71. The summed E-state index contributed by atoms with van der Waals surface area (Å²) in [5, 5.41) is 34.0. The van der Waals surface area contributed by atoms with Gasteiger partial charge in [0.25, 0.3) is 5.69 Å². The summed E-state index contributed by atoms with van der Waals surface area (Å²) in [6, 6.07) is 0.329. The van der Waals surface area contributed by atoms with E-state index >= 15 is 0 Å². The van der Waals surface area contributed by atoms with E-state index in [2.05, 4.69) is 6.26 Å². The molecule has 1 heterocycles. The van der Waals surface area contributed by atoms with Crippen LogP contribution in [0.1, 0.15) is 38.5 Å². The minimum atomic E-state index is -5.55. The van der Waals surface area contributed by atoms with Gasteiger partial charge in [0.2, 0.25) is 4.90 Å². The van der Waals surface area contributed by atoms with E-state index in [4.69, 9.17) is 0 Å². The Hall–Kier alpha value is -2.32. The van der Waals surface area contributed by atoms with Crippen molar-refractivity contribution in [1.82, 2.24) is 0 Å². The van der Waals surface area contributed by atoms with Gasteiger partial charge in [-0.2, -0.15) is 0 Å². The zero-order valence-electron chi connectivity index (χ0n) is 15.4. The van der Waals surface area contributed by atoms with Crippen molar-refractivity contribution in [2.45, 2.75) is 53.9 Å². The highest BCUT2D eigenvalue weighted by atomic mass is 32.2. The first-order chi connectivity index (χ1) is 13.4. The molecular weight excluding hydrogens is 430 g/mol. The predicted octanol–water partition coefficient (Wildman–Crippen LogP) is 2.65. The van der Waals surface area contributed by atoms with Crippen LogP contribution >= 0.6 is 0 Å². The molecule has 1 saturated heterocycles. The van der Waals surface area contributed by atoms with Crippen molar-refractivity contribution in [1.29, 1.82) is 0 Å². The summed E-state index contributed by atoms with van der Waals surface area (Å²) in [5.74, 6) is 0. The zero-order chi connectivity index (χ0) is 21.9. The van der Waals surface area contributed by atoms with Crippen LogP contribution in [0.5, 0.6) is 0 Å². The van der Waals surface area contributed by atoms with Gasteiger partial charge in [-0.05, 0) is 25.7 Å². The van der Waals surface area contributed by atoms with Crippen molar-refractivity contribution in [2.75, 3.05) is 6.26 Å². The van der Waals surface area contributed by atoms with Gasteiger partial charge in [0.1, 0.15) is 10.1 Å². The number of benzene rings is 1. The fourth-order valence-corrected chi connectivity index (χ4v) is 6.75. The molecule has 12 nitrogen and oxygen atoms in total. The van der Waals surface area contributed by atoms with Gasteiger partial charge in [0.05, 0.1) is 33.2 Å². The quantitative estimate of drug-likeness (QED) is 0.219. The van der Waals surface area contributed by atoms with E-state index in [0.717, 1.165) is 10.9 Å². The van der Waals surface area contributed by atoms with E-state index in [1.165, 1.54) is 36.2 Å². The Morgan fingerprint density at radius 3 is 1.59 bits per heavy atom. The Morgan fingerprint density at radius 2 is 1.28 bits per heavy atom. The fourth-order valence-electron chi connectivity index (χ4n) is 3.43. The van der Waals surface area contributed by atoms with Crippen LogP contribution in [0, 0.1) is 30.3 Å². The van der Waals surface area contributed by atoms with E-state index in [0.29, 0.717) is 0 Å². The molecule has 0 amide bonds. The fraction of sp³-hybridized carbons (Fsp3) is 0.600. The van der Waals surface area contributed by atoms with Gasteiger partial charge in [0.15, 0.2) is 10.5 Å². The van der Waals surface area contributed by atoms with Crippen LogP contribution in [-0.2, 0) is 21.0 Å². The predicted molar refractivity (Wildman–Crippen MR) is 103 cm³/mol. The topological polar surface area (TPSA) is 187 Å². The van der Waals surface area contributed by atoms with Crippen molar-refractivity contribution in [3.8, 4) is 0 Å². The lowest BCUT2D eigenvalue weighted by molar-refractivity contribution is -0.407. The van der Waals surface area contributed by atoms with Crippen LogP contribution in [0.4, 0.5) is 17.1 Å². The summed E-state index contributed by atoms with van der Waals surface area (Å²) in [6.07, 6.45) is 11.7. The number of non-ortho nitro benzene ring substituents is 1. The number of rotatable bonds is 4. The Morgan fingerprint density at radius 1 is 0.862 bits per heavy atom. The Kier molecular flexibility index (Phi) is 7.13. The highest BCUT2D eigenvalue weighted by molar-refractivity contribution is 8.04. The molecule has 1 aromatic carbocycles. The van der Waals surface area contributed by atoms with E-state index in [9.17, 15) is 43.3 Å². The molecule has 2 atom stereocenters. The molecule has 0 radical (unpaired) electrons. The van der Waals surface area contributed by atoms with E-state index in [1.54, 1.807) is 12.8 Å². The number of nitro groups is 3. The van der Waals surface area contributed by atoms with Crippen molar-refractivity contribution < 1.29 is 27.7 Å². The number of hydrogen-bond acceptors (Lipinski definition) is 9. The van der Waals surface area contributed by atoms with Gasteiger partial charge in [0, 0.05) is 10.9 Å². The maximum Gasteiger partial charge on any atom is 0.300 e. The summed E-state index contributed by atoms with van der Waals surface area (Å²) < 4.78 is 32.5. The standard InChI is InChI=1S/C9H17S.C6H3N3O9S/c1-10-8-6-4-2-3-5-7-9(8)10;10-7(11)3-1-4(8(12)13)6(19(16,17)18)5(2-3)9(14)15/h8-9H,2-7H2,1H3;1-2H,(H,16,17,18)/q+1;/p-1. The number of fused-ring (bicyclic) bond motifs is 1. The van der Waals surface area contributed by atoms with Gasteiger partial charge in [-0.25, -0.2) is 8.42 Å². The van der Waals surface area contributed by atoms with Gasteiger partial charge in [-0.15, -0.1) is 0 Å². The molecule has 2 fully saturated rings. The summed E-state index contributed by atoms with van der Waals surface area (Å²) >= 11 is 0. The van der Waals surface area contributed by atoms with Gasteiger partial charge < -0.3 is 4.55 Å². The molecule has 29 heavy (non-hydrogen) atoms. The van der Waals surface area contributed by atoms with Crippen LogP contribution in [0.15, 0.2) is 17.0 Å². The third-order valence-corrected chi connectivity index (χ3v) is 8.55. The Bertz CT molecular complexity index is 886. The van der Waals surface area contributed by atoms with Crippen LogP contribution in [-0.4, -0.2) is 44.5 Å². The SMILES string of the molecule is C[S+]1C2CCCCCCC21.O=[N+]([O-])c1cc([N+](=O)[O-])c(S(=O)(=O)[O-])c([N+](=O)[O-])c1. The van der Waals surface area contributed by atoms with E-state index < -0.39 is 46.8 Å². The molecule has 0 bridgehead atoms. The van der Waals surface area contributed by atoms with Crippen LogP contribution < -0.4 is 0 Å². The first kappa shape index (κ1) is 23.0. The number of nitrogens with zero attached hydrogens (tertiary/aromatic N) is 3. The smallest absolute Gasteiger partial charge is 0.300 e. The molecule has 1 aliphatic carbocycles. The molecule has 1 aliphatic heterocycles. The molecule has 2 unspecified atom stereocenters. The zero-order valence-corrected chi connectivity index (χ0v) is 17.0. The van der Waals surface area contributed by atoms with Crippen molar-refractivity contribution in [3.05, 3.63) is 42.5 Å². The Labute approximate surface area is 168 Å². The summed E-state index contributed by atoms with van der Waals surface area (Å²) in [5.41, 5.74) is -4.11. The molecule has 160 valence electrons. The lowest BCUT2D eigenvalue weighted by atomic mass is 10.0. The van der Waals surface area contributed by atoms with Crippen molar-refractivity contribution in [3.63, 3.8) is 0 Å². The molecule has 0 aromatic heterocycles. The average Bonchev–Trinajstić information content (AvgIpc) is 3.18. The molecule has 1 saturated carbocycles. The van der Waals surface area contributed by atoms with Crippen LogP contribution in [0.2, 0.25) is 0 Å². The van der Waals surface area contributed by atoms with Crippen molar-refractivity contribution in [2.24, 2.45) is 0 Å². The molecule has 2 aliphatic rings. The van der Waals surface area contributed by atoms with Crippen molar-refractivity contribution >= 4 is 38.1 Å². The highest BCUT2D eigenvalue weighted by Gasteiger charge is 2.57. The molecule has 0 N–H and O–H groups in total. The van der Waals surface area contributed by atoms with Gasteiger partial charge in [-0.3, -0.25) is 30.3 Å². The van der Waals surface area contributed by atoms with Crippen LogP contribution in [0.25, 0.3) is 0 Å². The molecule has 1 aromatic rings. The van der Waals surface area contributed by atoms with Gasteiger partial charge in [-0.1, -0.05) is 12.8 Å². The lowest BCUT2D eigenvalue weighted by Gasteiger charge is -2.07. The molecule has 14 heteroatoms. The largest absolute Gasteiger partial charge is 0.744 e. The van der Waals surface area contributed by atoms with E-state index in [1.807, 2.05) is 0 Å². The van der Waals surface area contributed by atoms with Crippen LogP contribution in [0.3, 0.4) is 0 Å². The molecule has 3 rings (SSSR count). The first-order valence-electron chi connectivity index (χ1n) is 8.65. The maximum absolute atomic E-state index is 10.8. The third kappa shape index (κ3) is 5.61. The van der Waals surface area contributed by atoms with Gasteiger partial charge >= 0.3 is 11.4 Å². The third-order valence-electron chi connectivity index (χ3n) is 4.91. The van der Waals surface area contributed by atoms with E-state index in [-0.39, 0.29) is 12.1 Å². The highest BCUT2D eigenvalue weighted by Crippen LogP contribution is 2.42. The first-order valence-corrected chi connectivity index (χ1v) is 11.8.